The van der Waals surface area contributed by atoms with E-state index in [1.54, 1.807) is 42.6 Å². The highest BCUT2D eigenvalue weighted by atomic mass is 19.2. The van der Waals surface area contributed by atoms with E-state index in [9.17, 15) is 117 Å². The van der Waals surface area contributed by atoms with Crippen molar-refractivity contribution in [2.75, 3.05) is 26.3 Å². The minimum atomic E-state index is -3.93. The smallest absolute Gasteiger partial charge is 0.330 e. The molecular formula is C61H82F4N12O31. The van der Waals surface area contributed by atoms with Gasteiger partial charge >= 0.3 is 40.9 Å². The number of carbonyl (C=O) groups excluding carboxylic acids is 9. The molecule has 3 aromatic rings. The van der Waals surface area contributed by atoms with Crippen molar-refractivity contribution in [3.63, 3.8) is 0 Å². The number of amides is 1. The summed E-state index contributed by atoms with van der Waals surface area (Å²) >= 11 is 0. The van der Waals surface area contributed by atoms with E-state index < -0.39 is 251 Å². The quantitative estimate of drug-likeness (QED) is 0.0130. The lowest BCUT2D eigenvalue weighted by atomic mass is 10.1. The minimum Gasteiger partial charge on any atom is -0.458 e. The normalized spacial score (nSPS) is 32.2. The Hall–Kier alpha value is -9.57. The molecule has 43 nitrogen and oxygen atoms in total. The highest BCUT2D eigenvalue weighted by molar-refractivity contribution is 6.11. The standard InChI is InChI=1S/C16H22FN3O7.3C15H20FN3O8/c1-7(2)10(18)15(25)26-6-16(17)12(23)11(22)14(27-16)20-4-9(5-21)13(24)19-8(20)3;3*1-6(2)8(17)13(24)26-5-15(16)10(22)9(21)12(27-15)19-3-7(4-20)11(23)18-14(19)25/h4-5,7,10-12,14,22-23H,3,6,18H2,1-2H3,(H,19,24);3*3-4,6,8-10,12,21-22H,5,17H2,1-2H3,(H,18,23,25)/t10-,11+,12-,14+,16+;3*8-,9+,10-,12+,15+/m0000/s1/i6D2,14D;12D;5D2;. The molecule has 0 aliphatic carbocycles. The highest BCUT2D eigenvalue weighted by Crippen LogP contribution is 2.42. The lowest BCUT2D eigenvalue weighted by Gasteiger charge is -2.33. The summed E-state index contributed by atoms with van der Waals surface area (Å²) < 4.78 is 147. The average Bonchev–Trinajstić information content (AvgIpc) is 1.49. The minimum absolute atomic E-state index is 0.0632. The van der Waals surface area contributed by atoms with Crippen LogP contribution in [0.1, 0.15) is 113 Å². The number of nitrogens with one attached hydrogen (secondary N) is 4. The fourth-order valence-corrected chi connectivity index (χ4v) is 9.04. The number of aromatic amines is 3. The first-order chi connectivity index (χ1) is 52.3. The van der Waals surface area contributed by atoms with Crippen molar-refractivity contribution >= 4 is 54.9 Å². The number of nitrogens with two attached hydrogens (primary N) is 4. The number of esters is 4. The molecule has 3 aromatic heterocycles. The molecule has 0 radical (unpaired) electrons. The van der Waals surface area contributed by atoms with Crippen LogP contribution in [0.3, 0.4) is 0 Å². The number of rotatable bonds is 24. The number of ether oxygens (including phenoxy) is 8. The summed E-state index contributed by atoms with van der Waals surface area (Å²) in [5.41, 5.74) is 13.2. The molecule has 47 heteroatoms. The molecule has 0 bridgehead atoms. The van der Waals surface area contributed by atoms with Crippen molar-refractivity contribution < 1.29 is 148 Å². The number of carbonyl (C=O) groups is 9. The third-order valence-corrected chi connectivity index (χ3v) is 16.1. The number of aliphatic hydroxyl groups excluding tert-OH is 8. The van der Waals surface area contributed by atoms with Crippen molar-refractivity contribution in [1.29, 1.82) is 0 Å². The van der Waals surface area contributed by atoms with Gasteiger partial charge < -0.3 is 112 Å². The number of hydrogen-bond acceptors (Lipinski definition) is 36. The molecule has 8 heterocycles. The molecule has 0 unspecified atom stereocenters. The van der Waals surface area contributed by atoms with Gasteiger partial charge in [-0.15, -0.1) is 0 Å². The van der Waals surface area contributed by atoms with Crippen molar-refractivity contribution in [3.8, 4) is 0 Å². The molecular weight excluding hydrogens is 1470 g/mol. The lowest BCUT2D eigenvalue weighted by Crippen LogP contribution is -2.48. The highest BCUT2D eigenvalue weighted by Gasteiger charge is 2.61. The molecule has 8 rings (SSSR count). The number of hydrogen-bond donors (Lipinski definition) is 16. The fourth-order valence-electron chi connectivity index (χ4n) is 9.04. The second kappa shape index (κ2) is 36.1. The maximum absolute atomic E-state index is 15.5. The number of aldehydes is 4. The van der Waals surface area contributed by atoms with Gasteiger partial charge in [-0.2, -0.15) is 0 Å². The van der Waals surface area contributed by atoms with Crippen LogP contribution >= 0.6 is 0 Å². The first-order valence-electron chi connectivity index (χ1n) is 34.4. The first-order valence-corrected chi connectivity index (χ1v) is 31.4. The molecule has 5 aliphatic rings. The van der Waals surface area contributed by atoms with Crippen LogP contribution in [-0.2, 0) is 66.7 Å². The SMILES string of the molecule is CC(C)[C@H](N)C(=O)OC[C@@]1(F)O[C@@H](n2cc(C=O)c(=O)[nH]c2=O)[C@H](O)[C@@H]1O.[2H]C([2H])(OC(=O)[C@@H](N)C(C)C)[C@@]1(F)O[C@@H](n2cc(C=O)c(=O)[nH]c2=O)[C@H](O)[C@@H]1O.[2H]C([2H])(OC(=O)[C@@H](N)C(C)C)[C@@]1(F)O[C@@]([2H])(N2C=C(C=O)C(=O)NC2=C)[C@H](O)[C@@H]1O.[2H][C@@]1(n2cc(C=O)c(=O)[nH]c2=O)O[C@](F)(COC(=O)[C@@H](N)C(C)C)[C@@H](O)[C@H]1O. The van der Waals surface area contributed by atoms with Gasteiger partial charge in [-0.3, -0.25) is 86.2 Å². The number of nitrogens with zero attached hydrogens (tertiary/aromatic N) is 4. The Bertz CT molecular complexity index is 4580. The number of aliphatic hydroxyl groups is 8. The van der Waals surface area contributed by atoms with E-state index in [-0.39, 0.29) is 41.5 Å². The summed E-state index contributed by atoms with van der Waals surface area (Å²) in [6.07, 6.45) is -25.8. The molecule has 4 saturated heterocycles. The summed E-state index contributed by atoms with van der Waals surface area (Å²) in [5, 5.41) is 82.8. The topological polar surface area (TPSA) is 673 Å². The number of halogens is 4. The van der Waals surface area contributed by atoms with Crippen molar-refractivity contribution in [3.05, 3.63) is 122 Å². The van der Waals surface area contributed by atoms with Crippen LogP contribution in [0.4, 0.5) is 17.6 Å². The van der Waals surface area contributed by atoms with Gasteiger partial charge in [0.05, 0.1) is 30.5 Å². The predicted molar refractivity (Wildman–Crippen MR) is 347 cm³/mol. The summed E-state index contributed by atoms with van der Waals surface area (Å²) in [5.74, 6) is -21.6. The van der Waals surface area contributed by atoms with E-state index >= 15 is 13.2 Å². The van der Waals surface area contributed by atoms with Gasteiger partial charge in [-0.25, -0.2) is 31.9 Å². The van der Waals surface area contributed by atoms with Crippen LogP contribution in [-0.4, -0.2) is 258 Å². The van der Waals surface area contributed by atoms with Gasteiger partial charge in [0.15, 0.2) is 76.3 Å². The Morgan fingerprint density at radius 1 is 0.500 bits per heavy atom. The molecule has 20 atom stereocenters. The molecule has 600 valence electrons. The fraction of sp³-hybridized carbons (Fsp3) is 0.590. The van der Waals surface area contributed by atoms with E-state index in [4.69, 9.17) is 54.8 Å². The second-order valence-corrected chi connectivity index (χ2v) is 25.3. The van der Waals surface area contributed by atoms with Crippen LogP contribution in [0.5, 0.6) is 0 Å². The van der Waals surface area contributed by atoms with E-state index in [0.29, 0.717) is 32.6 Å². The van der Waals surface area contributed by atoms with E-state index in [0.717, 1.165) is 6.20 Å². The molecule has 20 N–H and O–H groups in total. The Morgan fingerprint density at radius 3 is 1.17 bits per heavy atom. The zero-order valence-corrected chi connectivity index (χ0v) is 57.7. The third kappa shape index (κ3) is 19.8. The number of alkyl halides is 4. The van der Waals surface area contributed by atoms with Gasteiger partial charge in [-0.1, -0.05) is 62.0 Å². The molecule has 4 fully saturated rings. The molecule has 0 saturated carbocycles. The second-order valence-electron chi connectivity index (χ2n) is 25.3. The maximum atomic E-state index is 15.5. The predicted octanol–water partition coefficient (Wildman–Crippen LogP) is -8.38. The molecule has 108 heavy (non-hydrogen) atoms. The first kappa shape index (κ1) is 79.5. The molecule has 0 spiro atoms. The summed E-state index contributed by atoms with van der Waals surface area (Å²) in [4.78, 5) is 179. The lowest BCUT2D eigenvalue weighted by molar-refractivity contribution is -0.219. The average molecular weight is 1560 g/mol. The molecule has 1 amide bonds. The Balaban J connectivity index is 0.000000272. The largest absolute Gasteiger partial charge is 0.458 e. The summed E-state index contributed by atoms with van der Waals surface area (Å²) in [6.45, 7) is 6.36. The van der Waals surface area contributed by atoms with Gasteiger partial charge in [0.25, 0.3) is 46.0 Å². The van der Waals surface area contributed by atoms with Crippen LogP contribution in [0.25, 0.3) is 0 Å². The van der Waals surface area contributed by atoms with Crippen LogP contribution in [0.2, 0.25) is 0 Å². The monoisotopic (exact) mass is 1560 g/mol. The van der Waals surface area contributed by atoms with E-state index in [1.165, 1.54) is 27.7 Å². The summed E-state index contributed by atoms with van der Waals surface area (Å²) in [7, 11) is 0. The van der Waals surface area contributed by atoms with Crippen LogP contribution in [0, 0.1) is 23.7 Å². The van der Waals surface area contributed by atoms with Crippen molar-refractivity contribution in [2.24, 2.45) is 46.6 Å². The van der Waals surface area contributed by atoms with Gasteiger partial charge in [0.1, 0.15) is 78.8 Å². The van der Waals surface area contributed by atoms with Crippen molar-refractivity contribution in [2.45, 2.75) is 177 Å². The van der Waals surface area contributed by atoms with Crippen LogP contribution < -0.4 is 62.0 Å². The zero-order chi connectivity index (χ0) is 87.5. The van der Waals surface area contributed by atoms with Gasteiger partial charge in [-0.05, 0) is 23.7 Å². The third-order valence-electron chi connectivity index (χ3n) is 16.1. The molecule has 0 aromatic carbocycles. The van der Waals surface area contributed by atoms with Gasteiger partial charge in [0.2, 0.25) is 0 Å². The summed E-state index contributed by atoms with van der Waals surface area (Å²) in [6, 6.07) is -4.78. The Kier molecular flexibility index (Phi) is 26.6. The maximum Gasteiger partial charge on any atom is 0.330 e. The Morgan fingerprint density at radius 2 is 0.796 bits per heavy atom. The van der Waals surface area contributed by atoms with E-state index in [2.05, 4.69) is 26.1 Å². The van der Waals surface area contributed by atoms with Crippen molar-refractivity contribution in [1.82, 2.24) is 38.9 Å². The van der Waals surface area contributed by atoms with E-state index in [1.807, 2.05) is 0 Å². The number of aromatic nitrogens is 6. The Labute approximate surface area is 611 Å². The van der Waals surface area contributed by atoms with Gasteiger partial charge in [0, 0.05) is 24.8 Å². The van der Waals surface area contributed by atoms with Crippen LogP contribution in [0.15, 0.2) is 71.5 Å². The zero-order valence-electron chi connectivity index (χ0n) is 63.7. The molecule has 5 aliphatic heterocycles. The number of H-pyrrole nitrogens is 3.